The molecule has 0 saturated carbocycles. The van der Waals surface area contributed by atoms with Crippen molar-refractivity contribution < 1.29 is 0 Å². The Kier molecular flexibility index (Phi) is 3.24. The van der Waals surface area contributed by atoms with Crippen molar-refractivity contribution in [3.05, 3.63) is 59.9 Å². The number of hydrogen-bond donors (Lipinski definition) is 1. The van der Waals surface area contributed by atoms with E-state index in [0.29, 0.717) is 11.4 Å². The number of benzene rings is 1. The highest BCUT2D eigenvalue weighted by atomic mass is 32.1. The molecule has 2 N–H and O–H groups in total. The van der Waals surface area contributed by atoms with Crippen LogP contribution in [0.3, 0.4) is 0 Å². The lowest BCUT2D eigenvalue weighted by atomic mass is 10.1. The number of pyridine rings is 1. The van der Waals surface area contributed by atoms with E-state index in [1.165, 1.54) is 5.56 Å². The van der Waals surface area contributed by atoms with Crippen LogP contribution in [0.15, 0.2) is 48.7 Å². The van der Waals surface area contributed by atoms with Crippen molar-refractivity contribution in [1.29, 1.82) is 0 Å². The quantitative estimate of drug-likeness (QED) is 0.750. The van der Waals surface area contributed by atoms with Crippen molar-refractivity contribution >= 4 is 22.9 Å². The first-order chi connectivity index (χ1) is 9.65. The normalized spacial score (nSPS) is 10.8. The topological polar surface area (TPSA) is 43.3 Å². The maximum atomic E-state index is 5.75. The van der Waals surface area contributed by atoms with E-state index in [4.69, 9.17) is 22.9 Å². The average Bonchev–Trinajstić information content (AvgIpc) is 2.77. The number of aromatic nitrogens is 2. The molecule has 20 heavy (non-hydrogen) atoms. The number of fused-ring (bicyclic) bond motifs is 1. The highest BCUT2D eigenvalue weighted by Crippen LogP contribution is 2.25. The van der Waals surface area contributed by atoms with Gasteiger partial charge in [-0.2, -0.15) is 0 Å². The molecule has 0 bridgehead atoms. The van der Waals surface area contributed by atoms with E-state index in [-0.39, 0.29) is 0 Å². The third-order valence-corrected chi connectivity index (χ3v) is 3.40. The van der Waals surface area contributed by atoms with Crippen LogP contribution in [0.1, 0.15) is 11.3 Å². The monoisotopic (exact) mass is 281 g/mol. The lowest BCUT2D eigenvalue weighted by Crippen LogP contribution is -2.13. The van der Waals surface area contributed by atoms with Gasteiger partial charge in [0.1, 0.15) is 5.65 Å². The van der Waals surface area contributed by atoms with E-state index < -0.39 is 0 Å². The van der Waals surface area contributed by atoms with Crippen molar-refractivity contribution in [2.75, 3.05) is 0 Å². The summed E-state index contributed by atoms with van der Waals surface area (Å²) in [6.07, 6.45) is 2.62. The molecule has 0 aliphatic carbocycles. The Morgan fingerprint density at radius 1 is 1.20 bits per heavy atom. The molecular weight excluding hydrogens is 266 g/mol. The van der Waals surface area contributed by atoms with Crippen LogP contribution in [-0.4, -0.2) is 14.4 Å². The SMILES string of the molecule is Cc1ccc2nc(-c3ccccc3)c(CC(N)=S)n2c1. The lowest BCUT2D eigenvalue weighted by molar-refractivity contribution is 1.06. The smallest absolute Gasteiger partial charge is 0.137 e. The van der Waals surface area contributed by atoms with Crippen molar-refractivity contribution in [3.63, 3.8) is 0 Å². The largest absolute Gasteiger partial charge is 0.393 e. The van der Waals surface area contributed by atoms with Crippen LogP contribution in [0.5, 0.6) is 0 Å². The summed E-state index contributed by atoms with van der Waals surface area (Å²) in [5, 5.41) is 0. The van der Waals surface area contributed by atoms with Crippen LogP contribution in [0.2, 0.25) is 0 Å². The molecule has 2 heterocycles. The number of thiocarbonyl (C=S) groups is 1. The van der Waals surface area contributed by atoms with E-state index in [1.807, 2.05) is 24.3 Å². The van der Waals surface area contributed by atoms with Gasteiger partial charge in [-0.15, -0.1) is 0 Å². The van der Waals surface area contributed by atoms with Gasteiger partial charge in [-0.25, -0.2) is 4.98 Å². The van der Waals surface area contributed by atoms with Gasteiger partial charge in [0.2, 0.25) is 0 Å². The van der Waals surface area contributed by atoms with Gasteiger partial charge in [-0.05, 0) is 18.6 Å². The first-order valence-corrected chi connectivity index (χ1v) is 6.87. The van der Waals surface area contributed by atoms with E-state index >= 15 is 0 Å². The molecule has 0 saturated heterocycles. The molecule has 0 aliphatic heterocycles. The third-order valence-electron chi connectivity index (χ3n) is 3.25. The Morgan fingerprint density at radius 3 is 2.65 bits per heavy atom. The highest BCUT2D eigenvalue weighted by Gasteiger charge is 2.14. The van der Waals surface area contributed by atoms with Gasteiger partial charge in [0.15, 0.2) is 0 Å². The van der Waals surface area contributed by atoms with E-state index in [2.05, 4.69) is 35.7 Å². The van der Waals surface area contributed by atoms with E-state index in [0.717, 1.165) is 22.6 Å². The van der Waals surface area contributed by atoms with Crippen molar-refractivity contribution in [3.8, 4) is 11.3 Å². The van der Waals surface area contributed by atoms with Crippen LogP contribution in [0.25, 0.3) is 16.9 Å². The van der Waals surface area contributed by atoms with Crippen molar-refractivity contribution in [1.82, 2.24) is 9.38 Å². The Morgan fingerprint density at radius 2 is 1.95 bits per heavy atom. The second-order valence-electron chi connectivity index (χ2n) is 4.85. The summed E-state index contributed by atoms with van der Waals surface area (Å²) in [6.45, 7) is 2.06. The molecule has 0 fully saturated rings. The second-order valence-corrected chi connectivity index (χ2v) is 5.38. The molecule has 1 aromatic carbocycles. The summed E-state index contributed by atoms with van der Waals surface area (Å²) in [5.74, 6) is 0. The highest BCUT2D eigenvalue weighted by molar-refractivity contribution is 7.80. The maximum Gasteiger partial charge on any atom is 0.137 e. The summed E-state index contributed by atoms with van der Waals surface area (Å²) in [7, 11) is 0. The molecule has 0 spiro atoms. The first kappa shape index (κ1) is 12.8. The van der Waals surface area contributed by atoms with Crippen LogP contribution >= 0.6 is 12.2 Å². The zero-order valence-corrected chi connectivity index (χ0v) is 12.0. The fraction of sp³-hybridized carbons (Fsp3) is 0.125. The predicted molar refractivity (Wildman–Crippen MR) is 85.9 cm³/mol. The minimum absolute atomic E-state index is 0.477. The van der Waals surface area contributed by atoms with Crippen LogP contribution in [0, 0.1) is 6.92 Å². The Balaban J connectivity index is 2.28. The van der Waals surface area contributed by atoms with E-state index in [1.54, 1.807) is 0 Å². The van der Waals surface area contributed by atoms with Gasteiger partial charge in [-0.1, -0.05) is 48.6 Å². The fourth-order valence-corrected chi connectivity index (χ4v) is 2.50. The molecule has 0 atom stereocenters. The molecule has 0 amide bonds. The molecule has 3 rings (SSSR count). The summed E-state index contributed by atoms with van der Waals surface area (Å²) in [6, 6.07) is 14.2. The van der Waals surface area contributed by atoms with Gasteiger partial charge in [0, 0.05) is 18.2 Å². The number of aryl methyl sites for hydroxylation is 1. The zero-order valence-electron chi connectivity index (χ0n) is 11.2. The van der Waals surface area contributed by atoms with E-state index in [9.17, 15) is 0 Å². The molecule has 100 valence electrons. The molecule has 2 aromatic heterocycles. The van der Waals surface area contributed by atoms with Gasteiger partial charge >= 0.3 is 0 Å². The number of nitrogens with two attached hydrogens (primary N) is 1. The van der Waals surface area contributed by atoms with Gasteiger partial charge < -0.3 is 10.1 Å². The number of hydrogen-bond acceptors (Lipinski definition) is 2. The summed E-state index contributed by atoms with van der Waals surface area (Å²) >= 11 is 5.09. The minimum Gasteiger partial charge on any atom is -0.393 e. The van der Waals surface area contributed by atoms with Gasteiger partial charge in [0.25, 0.3) is 0 Å². The second kappa shape index (κ2) is 5.06. The summed E-state index contributed by atoms with van der Waals surface area (Å²) in [5.41, 5.74) is 10.9. The summed E-state index contributed by atoms with van der Waals surface area (Å²) in [4.78, 5) is 5.20. The number of rotatable bonds is 3. The maximum absolute atomic E-state index is 5.75. The molecule has 3 nitrogen and oxygen atoms in total. The molecule has 0 unspecified atom stereocenters. The van der Waals surface area contributed by atoms with Crippen molar-refractivity contribution in [2.45, 2.75) is 13.3 Å². The van der Waals surface area contributed by atoms with Crippen LogP contribution in [0.4, 0.5) is 0 Å². The Bertz CT molecular complexity index is 775. The lowest BCUT2D eigenvalue weighted by Gasteiger charge is -2.05. The number of imidazole rings is 1. The first-order valence-electron chi connectivity index (χ1n) is 6.46. The molecule has 0 radical (unpaired) electrons. The molecule has 3 aromatic rings. The zero-order chi connectivity index (χ0) is 14.1. The minimum atomic E-state index is 0.477. The molecular formula is C16H15N3S. The Labute approximate surface area is 123 Å². The third kappa shape index (κ3) is 2.30. The number of nitrogens with zero attached hydrogens (tertiary/aromatic N) is 2. The van der Waals surface area contributed by atoms with Crippen LogP contribution in [-0.2, 0) is 6.42 Å². The fourth-order valence-electron chi connectivity index (χ4n) is 2.36. The molecule has 4 heteroatoms. The summed E-state index contributed by atoms with van der Waals surface area (Å²) < 4.78 is 2.08. The van der Waals surface area contributed by atoms with Gasteiger partial charge in [-0.3, -0.25) is 0 Å². The average molecular weight is 281 g/mol. The predicted octanol–water partition coefficient (Wildman–Crippen LogP) is 3.14. The van der Waals surface area contributed by atoms with Gasteiger partial charge in [0.05, 0.1) is 16.4 Å². The Hall–Kier alpha value is -2.20. The molecule has 0 aliphatic rings. The van der Waals surface area contributed by atoms with Crippen LogP contribution < -0.4 is 5.73 Å². The standard InChI is InChI=1S/C16H15N3S/c1-11-7-8-15-18-16(12-5-3-2-4-6-12)13(9-14(17)20)19(15)10-11/h2-8,10H,9H2,1H3,(H2,17,20). The van der Waals surface area contributed by atoms with Crippen molar-refractivity contribution in [2.24, 2.45) is 5.73 Å².